The van der Waals surface area contributed by atoms with Gasteiger partial charge in [0.1, 0.15) is 5.82 Å². The third-order valence-corrected chi connectivity index (χ3v) is 3.53. The molecule has 1 aliphatic rings. The van der Waals surface area contributed by atoms with Crippen molar-refractivity contribution >= 4 is 22.5 Å². The molecule has 0 atom stereocenters. The molecule has 0 radical (unpaired) electrons. The molecule has 3 rings (SSSR count). The van der Waals surface area contributed by atoms with E-state index >= 15 is 0 Å². The third-order valence-electron chi connectivity index (χ3n) is 3.30. The number of hydrogen-bond donors (Lipinski definition) is 2. The molecule has 1 aromatic carbocycles. The lowest BCUT2D eigenvalue weighted by atomic mass is 10.2. The van der Waals surface area contributed by atoms with Gasteiger partial charge in [0.15, 0.2) is 0 Å². The van der Waals surface area contributed by atoms with Crippen LogP contribution in [0.25, 0.3) is 10.9 Å². The van der Waals surface area contributed by atoms with Crippen LogP contribution >= 0.6 is 11.6 Å². The topological polar surface area (TPSA) is 61.0 Å². The van der Waals surface area contributed by atoms with E-state index in [1.54, 1.807) is 18.2 Å². The molecule has 1 aromatic heterocycles. The minimum absolute atomic E-state index is 0.127. The lowest BCUT2D eigenvalue weighted by Crippen LogP contribution is -2.43. The Bertz CT molecular complexity index is 649. The van der Waals surface area contributed by atoms with Gasteiger partial charge >= 0.3 is 0 Å². The second-order valence-electron chi connectivity index (χ2n) is 4.70. The van der Waals surface area contributed by atoms with Crippen LogP contribution in [0.2, 0.25) is 5.02 Å². The van der Waals surface area contributed by atoms with Crippen LogP contribution in [0.15, 0.2) is 23.0 Å². The first kappa shape index (κ1) is 12.6. The number of aromatic nitrogens is 2. The SMILES string of the molecule is O=c1[nH]c(CN2CCNCC2)nc2ccc(Cl)cc12. The Kier molecular flexibility index (Phi) is 3.50. The highest BCUT2D eigenvalue weighted by molar-refractivity contribution is 6.31. The number of rotatable bonds is 2. The minimum atomic E-state index is -0.127. The number of nitrogens with zero attached hydrogens (tertiary/aromatic N) is 2. The van der Waals surface area contributed by atoms with E-state index < -0.39 is 0 Å². The van der Waals surface area contributed by atoms with Crippen molar-refractivity contribution in [2.45, 2.75) is 6.54 Å². The van der Waals surface area contributed by atoms with Gasteiger partial charge in [-0.3, -0.25) is 9.69 Å². The number of halogens is 1. The van der Waals surface area contributed by atoms with E-state index in [1.807, 2.05) is 0 Å². The second kappa shape index (κ2) is 5.28. The lowest BCUT2D eigenvalue weighted by Gasteiger charge is -2.26. The summed E-state index contributed by atoms with van der Waals surface area (Å²) in [7, 11) is 0. The molecule has 0 amide bonds. The van der Waals surface area contributed by atoms with Crippen LogP contribution in [0.1, 0.15) is 5.82 Å². The molecule has 0 saturated carbocycles. The molecule has 1 saturated heterocycles. The number of H-pyrrole nitrogens is 1. The molecular formula is C13H15ClN4O. The fourth-order valence-electron chi connectivity index (χ4n) is 2.32. The average molecular weight is 279 g/mol. The fourth-order valence-corrected chi connectivity index (χ4v) is 2.49. The molecule has 0 bridgehead atoms. The molecule has 2 heterocycles. The van der Waals surface area contributed by atoms with Crippen molar-refractivity contribution in [2.75, 3.05) is 26.2 Å². The first-order chi connectivity index (χ1) is 9.22. The van der Waals surface area contributed by atoms with Gasteiger partial charge in [0.05, 0.1) is 17.4 Å². The van der Waals surface area contributed by atoms with Crippen molar-refractivity contribution in [3.05, 3.63) is 39.4 Å². The minimum Gasteiger partial charge on any atom is -0.314 e. The van der Waals surface area contributed by atoms with Crippen molar-refractivity contribution < 1.29 is 0 Å². The van der Waals surface area contributed by atoms with Crippen LogP contribution in [0.3, 0.4) is 0 Å². The largest absolute Gasteiger partial charge is 0.314 e. The van der Waals surface area contributed by atoms with Crippen molar-refractivity contribution in [1.82, 2.24) is 20.2 Å². The van der Waals surface area contributed by atoms with Gasteiger partial charge in [-0.2, -0.15) is 0 Å². The zero-order valence-corrected chi connectivity index (χ0v) is 11.2. The van der Waals surface area contributed by atoms with Crippen molar-refractivity contribution in [2.24, 2.45) is 0 Å². The van der Waals surface area contributed by atoms with Gasteiger partial charge < -0.3 is 10.3 Å². The van der Waals surface area contributed by atoms with Gasteiger partial charge in [-0.05, 0) is 18.2 Å². The average Bonchev–Trinajstić information content (AvgIpc) is 2.41. The quantitative estimate of drug-likeness (QED) is 0.860. The Labute approximate surface area is 115 Å². The molecule has 0 unspecified atom stereocenters. The fraction of sp³-hybridized carbons (Fsp3) is 0.385. The molecule has 2 N–H and O–H groups in total. The van der Waals surface area contributed by atoms with Crippen LogP contribution in [0.4, 0.5) is 0 Å². The number of piperazine rings is 1. The molecule has 0 spiro atoms. The smallest absolute Gasteiger partial charge is 0.258 e. The summed E-state index contributed by atoms with van der Waals surface area (Å²) in [5.41, 5.74) is 0.566. The van der Waals surface area contributed by atoms with Gasteiger partial charge in [0.2, 0.25) is 0 Å². The zero-order valence-electron chi connectivity index (χ0n) is 10.4. The first-order valence-electron chi connectivity index (χ1n) is 6.34. The van der Waals surface area contributed by atoms with Gasteiger partial charge in [0.25, 0.3) is 5.56 Å². The molecule has 1 fully saturated rings. The lowest BCUT2D eigenvalue weighted by molar-refractivity contribution is 0.228. The van der Waals surface area contributed by atoms with E-state index in [-0.39, 0.29) is 5.56 Å². The zero-order chi connectivity index (χ0) is 13.2. The predicted octanol–water partition coefficient (Wildman–Crippen LogP) is 0.982. The van der Waals surface area contributed by atoms with Gasteiger partial charge in [-0.15, -0.1) is 0 Å². The number of hydrogen-bond acceptors (Lipinski definition) is 4. The number of benzene rings is 1. The molecule has 6 heteroatoms. The van der Waals surface area contributed by atoms with E-state index in [9.17, 15) is 4.79 Å². The van der Waals surface area contributed by atoms with Crippen LogP contribution in [0.5, 0.6) is 0 Å². The van der Waals surface area contributed by atoms with E-state index in [1.165, 1.54) is 0 Å². The maximum absolute atomic E-state index is 12.0. The normalized spacial score (nSPS) is 16.9. The summed E-state index contributed by atoms with van der Waals surface area (Å²) in [5, 5.41) is 4.39. The first-order valence-corrected chi connectivity index (χ1v) is 6.72. The Morgan fingerprint density at radius 1 is 1.32 bits per heavy atom. The standard InChI is InChI=1S/C13H15ClN4O/c14-9-1-2-11-10(7-9)13(19)17-12(16-11)8-18-5-3-15-4-6-18/h1-2,7,15H,3-6,8H2,(H,16,17,19). The van der Waals surface area contributed by atoms with Gasteiger partial charge in [-0.25, -0.2) is 4.98 Å². The van der Waals surface area contributed by atoms with E-state index in [0.717, 1.165) is 26.2 Å². The van der Waals surface area contributed by atoms with E-state index in [0.29, 0.717) is 28.3 Å². The maximum atomic E-state index is 12.0. The highest BCUT2D eigenvalue weighted by Gasteiger charge is 2.12. The number of nitrogens with one attached hydrogen (secondary N) is 2. The Balaban J connectivity index is 1.92. The summed E-state index contributed by atoms with van der Waals surface area (Å²) in [6.07, 6.45) is 0. The van der Waals surface area contributed by atoms with E-state index in [2.05, 4.69) is 20.2 Å². The maximum Gasteiger partial charge on any atom is 0.258 e. The summed E-state index contributed by atoms with van der Waals surface area (Å²) >= 11 is 5.89. The van der Waals surface area contributed by atoms with Gasteiger partial charge in [0, 0.05) is 31.2 Å². The molecule has 0 aliphatic carbocycles. The van der Waals surface area contributed by atoms with Crippen LogP contribution in [-0.4, -0.2) is 41.0 Å². The van der Waals surface area contributed by atoms with E-state index in [4.69, 9.17) is 11.6 Å². The Morgan fingerprint density at radius 2 is 2.11 bits per heavy atom. The highest BCUT2D eigenvalue weighted by Crippen LogP contribution is 2.14. The molecular weight excluding hydrogens is 264 g/mol. The molecule has 19 heavy (non-hydrogen) atoms. The van der Waals surface area contributed by atoms with Crippen LogP contribution < -0.4 is 10.9 Å². The molecule has 2 aromatic rings. The number of aromatic amines is 1. The second-order valence-corrected chi connectivity index (χ2v) is 5.14. The predicted molar refractivity (Wildman–Crippen MR) is 75.5 cm³/mol. The highest BCUT2D eigenvalue weighted by atomic mass is 35.5. The third kappa shape index (κ3) is 2.78. The molecule has 100 valence electrons. The van der Waals surface area contributed by atoms with Crippen molar-refractivity contribution in [1.29, 1.82) is 0 Å². The molecule has 1 aliphatic heterocycles. The Hall–Kier alpha value is -1.43. The van der Waals surface area contributed by atoms with Crippen molar-refractivity contribution in [3.8, 4) is 0 Å². The summed E-state index contributed by atoms with van der Waals surface area (Å²) in [4.78, 5) is 21.6. The monoisotopic (exact) mass is 278 g/mol. The number of fused-ring (bicyclic) bond motifs is 1. The summed E-state index contributed by atoms with van der Waals surface area (Å²) in [5.74, 6) is 0.710. The Morgan fingerprint density at radius 3 is 2.89 bits per heavy atom. The van der Waals surface area contributed by atoms with Crippen LogP contribution in [-0.2, 0) is 6.54 Å². The molecule has 5 nitrogen and oxygen atoms in total. The van der Waals surface area contributed by atoms with Crippen LogP contribution in [0, 0.1) is 0 Å². The van der Waals surface area contributed by atoms with Crippen molar-refractivity contribution in [3.63, 3.8) is 0 Å². The summed E-state index contributed by atoms with van der Waals surface area (Å²) in [6.45, 7) is 4.58. The van der Waals surface area contributed by atoms with Gasteiger partial charge in [-0.1, -0.05) is 11.6 Å². The summed E-state index contributed by atoms with van der Waals surface area (Å²) < 4.78 is 0. The summed E-state index contributed by atoms with van der Waals surface area (Å²) in [6, 6.07) is 5.19.